The van der Waals surface area contributed by atoms with Gasteiger partial charge in [-0.3, -0.25) is 0 Å². The number of para-hydroxylation sites is 1. The van der Waals surface area contributed by atoms with Gasteiger partial charge in [0.05, 0.1) is 23.2 Å². The minimum Gasteiger partial charge on any atom is -0.465 e. The number of rotatable bonds is 2. The number of imidazole rings is 1. The van der Waals surface area contributed by atoms with Crippen LogP contribution in [0.4, 0.5) is 4.39 Å². The number of ether oxygens (including phenoxy) is 1. The number of carbonyl (C=O) groups is 1. The predicted molar refractivity (Wildman–Crippen MR) is 77.8 cm³/mol. The first-order valence-electron chi connectivity index (χ1n) is 6.13. The number of fused-ring (bicyclic) bond motifs is 1. The molecule has 0 radical (unpaired) electrons. The summed E-state index contributed by atoms with van der Waals surface area (Å²) in [4.78, 5) is 19.1. The Balaban J connectivity index is 2.22. The molecular weight excluding hydrogens is 295 g/mol. The molecule has 106 valence electrons. The smallest absolute Gasteiger partial charge is 0.340 e. The van der Waals surface area contributed by atoms with E-state index in [1.165, 1.54) is 13.2 Å². The Morgan fingerprint density at radius 2 is 2.05 bits per heavy atom. The standard InChI is InChI=1S/C15H10ClFN2O2/c1-21-15(20)9-5-3-7-11-13(9)19-14(18-11)8-4-2-6-10(17)12(8)16/h2-7H,1H3,(H,18,19). The highest BCUT2D eigenvalue weighted by molar-refractivity contribution is 6.33. The van der Waals surface area contributed by atoms with Crippen LogP contribution in [0.1, 0.15) is 10.4 Å². The van der Waals surface area contributed by atoms with Gasteiger partial charge in [-0.2, -0.15) is 0 Å². The molecule has 0 unspecified atom stereocenters. The normalized spacial score (nSPS) is 10.8. The Hall–Kier alpha value is -2.40. The SMILES string of the molecule is COC(=O)c1cccc2[nH]c(-c3cccc(F)c3Cl)nc12. The topological polar surface area (TPSA) is 55.0 Å². The van der Waals surface area contributed by atoms with Crippen molar-refractivity contribution in [1.29, 1.82) is 0 Å². The summed E-state index contributed by atoms with van der Waals surface area (Å²) in [6.45, 7) is 0. The number of nitrogens with one attached hydrogen (secondary N) is 1. The molecule has 3 aromatic rings. The van der Waals surface area contributed by atoms with E-state index in [9.17, 15) is 9.18 Å². The summed E-state index contributed by atoms with van der Waals surface area (Å²) in [5.74, 6) is -0.613. The molecule has 0 saturated heterocycles. The molecule has 0 atom stereocenters. The van der Waals surface area contributed by atoms with Crippen molar-refractivity contribution in [3.8, 4) is 11.4 Å². The lowest BCUT2D eigenvalue weighted by atomic mass is 10.2. The van der Waals surface area contributed by atoms with Crippen LogP contribution in [0.15, 0.2) is 36.4 Å². The van der Waals surface area contributed by atoms with E-state index in [2.05, 4.69) is 9.97 Å². The van der Waals surface area contributed by atoms with Gasteiger partial charge < -0.3 is 9.72 Å². The molecule has 0 aliphatic heterocycles. The third-order valence-electron chi connectivity index (χ3n) is 3.12. The van der Waals surface area contributed by atoms with Crippen LogP contribution >= 0.6 is 11.6 Å². The molecule has 0 aliphatic carbocycles. The first-order chi connectivity index (χ1) is 10.1. The van der Waals surface area contributed by atoms with Crippen LogP contribution in [0, 0.1) is 5.82 Å². The molecule has 4 nitrogen and oxygen atoms in total. The van der Waals surface area contributed by atoms with Gasteiger partial charge in [-0.1, -0.05) is 23.7 Å². The zero-order chi connectivity index (χ0) is 15.0. The Kier molecular flexibility index (Phi) is 3.35. The van der Waals surface area contributed by atoms with Crippen LogP contribution in [0.3, 0.4) is 0 Å². The molecule has 2 aromatic carbocycles. The molecule has 1 aromatic heterocycles. The predicted octanol–water partition coefficient (Wildman–Crippen LogP) is 3.81. The van der Waals surface area contributed by atoms with Gasteiger partial charge in [-0.05, 0) is 24.3 Å². The van der Waals surface area contributed by atoms with E-state index in [-0.39, 0.29) is 5.02 Å². The van der Waals surface area contributed by atoms with Gasteiger partial charge in [-0.25, -0.2) is 14.2 Å². The Labute approximate surface area is 124 Å². The van der Waals surface area contributed by atoms with Gasteiger partial charge in [0.1, 0.15) is 17.2 Å². The van der Waals surface area contributed by atoms with Crippen LogP contribution in [0.5, 0.6) is 0 Å². The van der Waals surface area contributed by atoms with Gasteiger partial charge in [0.2, 0.25) is 0 Å². The van der Waals surface area contributed by atoms with Crippen molar-refractivity contribution in [2.24, 2.45) is 0 Å². The monoisotopic (exact) mass is 304 g/mol. The first-order valence-corrected chi connectivity index (χ1v) is 6.51. The quantitative estimate of drug-likeness (QED) is 0.732. The number of hydrogen-bond donors (Lipinski definition) is 1. The van der Waals surface area contributed by atoms with Crippen LogP contribution in [0.25, 0.3) is 22.4 Å². The number of halogens is 2. The van der Waals surface area contributed by atoms with E-state index in [1.54, 1.807) is 30.3 Å². The maximum absolute atomic E-state index is 13.5. The minimum absolute atomic E-state index is 0.0174. The lowest BCUT2D eigenvalue weighted by molar-refractivity contribution is 0.0603. The highest BCUT2D eigenvalue weighted by Gasteiger charge is 2.16. The molecule has 0 spiro atoms. The number of nitrogens with zero attached hydrogens (tertiary/aromatic N) is 1. The van der Waals surface area contributed by atoms with E-state index >= 15 is 0 Å². The molecule has 0 saturated carbocycles. The fourth-order valence-electron chi connectivity index (χ4n) is 2.12. The van der Waals surface area contributed by atoms with Crippen molar-refractivity contribution in [1.82, 2.24) is 9.97 Å². The second kappa shape index (κ2) is 5.18. The van der Waals surface area contributed by atoms with Crippen molar-refractivity contribution in [2.75, 3.05) is 7.11 Å². The molecule has 21 heavy (non-hydrogen) atoms. The minimum atomic E-state index is -0.525. The van der Waals surface area contributed by atoms with E-state index in [0.717, 1.165) is 0 Å². The number of hydrogen-bond acceptors (Lipinski definition) is 3. The fraction of sp³-hybridized carbons (Fsp3) is 0.0667. The summed E-state index contributed by atoms with van der Waals surface area (Å²) < 4.78 is 18.3. The van der Waals surface area contributed by atoms with Crippen molar-refractivity contribution in [3.05, 3.63) is 52.8 Å². The number of benzene rings is 2. The number of aromatic amines is 1. The molecular formula is C15H10ClFN2O2. The highest BCUT2D eigenvalue weighted by atomic mass is 35.5. The van der Waals surface area contributed by atoms with Crippen molar-refractivity contribution in [3.63, 3.8) is 0 Å². The molecule has 3 rings (SSSR count). The third kappa shape index (κ3) is 2.25. The van der Waals surface area contributed by atoms with Gasteiger partial charge >= 0.3 is 5.97 Å². The van der Waals surface area contributed by atoms with E-state index in [1.807, 2.05) is 0 Å². The second-order valence-corrected chi connectivity index (χ2v) is 4.76. The Morgan fingerprint density at radius 1 is 1.29 bits per heavy atom. The summed E-state index contributed by atoms with van der Waals surface area (Å²) in [6.07, 6.45) is 0. The first kappa shape index (κ1) is 13.6. The highest BCUT2D eigenvalue weighted by Crippen LogP contribution is 2.30. The Morgan fingerprint density at radius 3 is 2.81 bits per heavy atom. The van der Waals surface area contributed by atoms with Crippen molar-refractivity contribution < 1.29 is 13.9 Å². The number of H-pyrrole nitrogens is 1. The van der Waals surface area contributed by atoms with Crippen LogP contribution < -0.4 is 0 Å². The maximum atomic E-state index is 13.5. The van der Waals surface area contributed by atoms with Crippen LogP contribution in [-0.4, -0.2) is 23.0 Å². The fourth-order valence-corrected chi connectivity index (χ4v) is 2.34. The average molecular weight is 305 g/mol. The molecule has 1 N–H and O–H groups in total. The van der Waals surface area contributed by atoms with Crippen LogP contribution in [-0.2, 0) is 4.74 Å². The second-order valence-electron chi connectivity index (χ2n) is 4.38. The lowest BCUT2D eigenvalue weighted by Crippen LogP contribution is -2.01. The molecule has 0 fully saturated rings. The van der Waals surface area contributed by atoms with Gasteiger partial charge in [-0.15, -0.1) is 0 Å². The van der Waals surface area contributed by atoms with Gasteiger partial charge in [0.15, 0.2) is 0 Å². The summed E-state index contributed by atoms with van der Waals surface area (Å²) in [5, 5.41) is -0.0174. The van der Waals surface area contributed by atoms with Gasteiger partial charge in [0, 0.05) is 5.56 Å². The summed E-state index contributed by atoms with van der Waals surface area (Å²) >= 11 is 5.96. The Bertz CT molecular complexity index is 845. The molecule has 6 heteroatoms. The van der Waals surface area contributed by atoms with Gasteiger partial charge in [0.25, 0.3) is 0 Å². The lowest BCUT2D eigenvalue weighted by Gasteiger charge is -2.00. The zero-order valence-electron chi connectivity index (χ0n) is 11.0. The number of aromatic nitrogens is 2. The summed E-state index contributed by atoms with van der Waals surface area (Å²) in [6, 6.07) is 9.57. The molecule has 0 bridgehead atoms. The maximum Gasteiger partial charge on any atom is 0.340 e. The third-order valence-corrected chi connectivity index (χ3v) is 3.51. The van der Waals surface area contributed by atoms with Crippen molar-refractivity contribution >= 4 is 28.6 Å². The number of methoxy groups -OCH3 is 1. The largest absolute Gasteiger partial charge is 0.465 e. The van der Waals surface area contributed by atoms with Crippen LogP contribution in [0.2, 0.25) is 5.02 Å². The van der Waals surface area contributed by atoms with Crippen molar-refractivity contribution in [2.45, 2.75) is 0 Å². The molecule has 0 amide bonds. The average Bonchev–Trinajstić information content (AvgIpc) is 2.92. The molecule has 0 aliphatic rings. The number of carbonyl (C=O) groups excluding carboxylic acids is 1. The summed E-state index contributed by atoms with van der Waals surface area (Å²) in [7, 11) is 1.30. The number of esters is 1. The van der Waals surface area contributed by atoms with E-state index in [4.69, 9.17) is 16.3 Å². The summed E-state index contributed by atoms with van der Waals surface area (Å²) in [5.41, 5.74) is 1.88. The van der Waals surface area contributed by atoms with E-state index < -0.39 is 11.8 Å². The molecule has 1 heterocycles. The zero-order valence-corrected chi connectivity index (χ0v) is 11.7. The van der Waals surface area contributed by atoms with E-state index in [0.29, 0.717) is 28.0 Å².